The second-order valence-corrected chi connectivity index (χ2v) is 5.23. The number of aliphatic hydroxyl groups is 2. The van der Waals surface area contributed by atoms with Crippen molar-refractivity contribution in [1.82, 2.24) is 0 Å². The maximum absolute atomic E-state index is 9.35. The van der Waals surface area contributed by atoms with Gasteiger partial charge in [0, 0.05) is 9.75 Å². The van der Waals surface area contributed by atoms with Crippen LogP contribution in [0.3, 0.4) is 0 Å². The zero-order valence-corrected chi connectivity index (χ0v) is 10.3. The first-order chi connectivity index (χ1) is 7.17. The van der Waals surface area contributed by atoms with Gasteiger partial charge in [-0.2, -0.15) is 0 Å². The molecule has 0 fully saturated rings. The normalized spacial score (nSPS) is 15.2. The van der Waals surface area contributed by atoms with Gasteiger partial charge >= 0.3 is 0 Å². The molecule has 0 aliphatic rings. The van der Waals surface area contributed by atoms with Crippen LogP contribution in [0.15, 0.2) is 12.1 Å². The van der Waals surface area contributed by atoms with E-state index in [0.717, 1.165) is 6.42 Å². The molecule has 2 atom stereocenters. The summed E-state index contributed by atoms with van der Waals surface area (Å²) in [5.74, 6) is 0.336. The van der Waals surface area contributed by atoms with E-state index in [2.05, 4.69) is 26.0 Å². The number of hydrogen-bond donors (Lipinski definition) is 2. The largest absolute Gasteiger partial charge is 0.394 e. The molecule has 15 heavy (non-hydrogen) atoms. The van der Waals surface area contributed by atoms with Gasteiger partial charge in [-0.1, -0.05) is 20.3 Å². The number of aryl methyl sites for hydroxylation is 1. The molecular formula is C12H20O2S. The summed E-state index contributed by atoms with van der Waals surface area (Å²) in [5, 5.41) is 18.1. The highest BCUT2D eigenvalue weighted by Gasteiger charge is 2.13. The van der Waals surface area contributed by atoms with Gasteiger partial charge in [-0.3, -0.25) is 0 Å². The second-order valence-electron chi connectivity index (χ2n) is 4.03. The smallest absolute Gasteiger partial charge is 0.0776 e. The molecule has 0 aliphatic heterocycles. The average Bonchev–Trinajstić information content (AvgIpc) is 2.67. The lowest BCUT2D eigenvalue weighted by molar-refractivity contribution is 0.0838. The van der Waals surface area contributed by atoms with Crippen LogP contribution >= 0.6 is 11.3 Å². The molecule has 1 aromatic rings. The second kappa shape index (κ2) is 6.26. The monoisotopic (exact) mass is 228 g/mol. The molecule has 86 valence electrons. The molecule has 2 unspecified atom stereocenters. The fourth-order valence-electron chi connectivity index (χ4n) is 1.64. The predicted molar refractivity (Wildman–Crippen MR) is 64.4 cm³/mol. The SMILES string of the molecule is CCCc1ccc(C(C)CC(O)CO)s1. The van der Waals surface area contributed by atoms with Crippen LogP contribution in [0.25, 0.3) is 0 Å². The minimum atomic E-state index is -0.586. The summed E-state index contributed by atoms with van der Waals surface area (Å²) in [7, 11) is 0. The summed E-state index contributed by atoms with van der Waals surface area (Å²) in [5.41, 5.74) is 0. The van der Waals surface area contributed by atoms with E-state index in [1.165, 1.54) is 16.2 Å². The lowest BCUT2D eigenvalue weighted by atomic mass is 10.0. The molecule has 2 N–H and O–H groups in total. The quantitative estimate of drug-likeness (QED) is 0.785. The maximum Gasteiger partial charge on any atom is 0.0776 e. The number of aliphatic hydroxyl groups excluding tert-OH is 2. The molecule has 0 bridgehead atoms. The standard InChI is InChI=1S/C12H20O2S/c1-3-4-11-5-6-12(15-11)9(2)7-10(14)8-13/h5-6,9-10,13-14H,3-4,7-8H2,1-2H3. The Morgan fingerprint density at radius 3 is 2.73 bits per heavy atom. The third-order valence-corrected chi connectivity index (χ3v) is 3.88. The molecule has 0 aliphatic carbocycles. The van der Waals surface area contributed by atoms with Crippen molar-refractivity contribution in [3.05, 3.63) is 21.9 Å². The Kier molecular flexibility index (Phi) is 5.29. The fraction of sp³-hybridized carbons (Fsp3) is 0.667. The summed E-state index contributed by atoms with van der Waals surface area (Å²) in [4.78, 5) is 2.73. The number of hydrogen-bond acceptors (Lipinski definition) is 3. The van der Waals surface area contributed by atoms with Crippen molar-refractivity contribution < 1.29 is 10.2 Å². The maximum atomic E-state index is 9.35. The molecule has 1 heterocycles. The van der Waals surface area contributed by atoms with Crippen LogP contribution < -0.4 is 0 Å². The van der Waals surface area contributed by atoms with Gasteiger partial charge in [0.15, 0.2) is 0 Å². The third-order valence-electron chi connectivity index (χ3n) is 2.50. The molecule has 2 nitrogen and oxygen atoms in total. The van der Waals surface area contributed by atoms with E-state index in [9.17, 15) is 5.11 Å². The van der Waals surface area contributed by atoms with Crippen LogP contribution in [0.1, 0.15) is 42.4 Å². The Hall–Kier alpha value is -0.380. The topological polar surface area (TPSA) is 40.5 Å². The molecule has 0 saturated carbocycles. The zero-order chi connectivity index (χ0) is 11.3. The Morgan fingerprint density at radius 1 is 1.40 bits per heavy atom. The van der Waals surface area contributed by atoms with Gasteiger partial charge in [-0.05, 0) is 30.9 Å². The third kappa shape index (κ3) is 3.93. The first-order valence-electron chi connectivity index (χ1n) is 5.54. The zero-order valence-electron chi connectivity index (χ0n) is 9.44. The van der Waals surface area contributed by atoms with Crippen LogP contribution in [0.5, 0.6) is 0 Å². The van der Waals surface area contributed by atoms with Crippen molar-refractivity contribution in [2.24, 2.45) is 0 Å². The molecule has 1 rings (SSSR count). The van der Waals surface area contributed by atoms with Crippen LogP contribution in [-0.4, -0.2) is 22.9 Å². The molecule has 0 saturated heterocycles. The van der Waals surface area contributed by atoms with E-state index in [0.29, 0.717) is 12.3 Å². The molecule has 3 heteroatoms. The van der Waals surface area contributed by atoms with Crippen LogP contribution in [0, 0.1) is 0 Å². The average molecular weight is 228 g/mol. The van der Waals surface area contributed by atoms with Crippen LogP contribution in [0.2, 0.25) is 0 Å². The van der Waals surface area contributed by atoms with Gasteiger partial charge in [0.05, 0.1) is 12.7 Å². The number of thiophene rings is 1. The predicted octanol–water partition coefficient (Wildman–Crippen LogP) is 2.55. The summed E-state index contributed by atoms with van der Waals surface area (Å²) >= 11 is 1.83. The molecule has 0 aromatic carbocycles. The van der Waals surface area contributed by atoms with Crippen molar-refractivity contribution >= 4 is 11.3 Å². The van der Waals surface area contributed by atoms with Gasteiger partial charge < -0.3 is 10.2 Å². The van der Waals surface area contributed by atoms with E-state index >= 15 is 0 Å². The fourth-order valence-corrected chi connectivity index (χ4v) is 2.82. The van der Waals surface area contributed by atoms with Crippen molar-refractivity contribution in [3.8, 4) is 0 Å². The van der Waals surface area contributed by atoms with E-state index in [1.807, 2.05) is 11.3 Å². The summed E-state index contributed by atoms with van der Waals surface area (Å²) < 4.78 is 0. The highest BCUT2D eigenvalue weighted by Crippen LogP contribution is 2.28. The Balaban J connectivity index is 2.53. The van der Waals surface area contributed by atoms with E-state index in [1.54, 1.807) is 0 Å². The van der Waals surface area contributed by atoms with Gasteiger partial charge in [0.2, 0.25) is 0 Å². The first-order valence-corrected chi connectivity index (χ1v) is 6.36. The minimum Gasteiger partial charge on any atom is -0.394 e. The molecular weight excluding hydrogens is 208 g/mol. The van der Waals surface area contributed by atoms with E-state index in [4.69, 9.17) is 5.11 Å². The Morgan fingerprint density at radius 2 is 2.13 bits per heavy atom. The van der Waals surface area contributed by atoms with Crippen LogP contribution in [0.4, 0.5) is 0 Å². The molecule has 1 aromatic heterocycles. The van der Waals surface area contributed by atoms with Crippen molar-refractivity contribution in [3.63, 3.8) is 0 Å². The van der Waals surface area contributed by atoms with E-state index in [-0.39, 0.29) is 6.61 Å². The lowest BCUT2D eigenvalue weighted by Gasteiger charge is -2.12. The minimum absolute atomic E-state index is 0.141. The van der Waals surface area contributed by atoms with Gasteiger partial charge in [-0.25, -0.2) is 0 Å². The Labute approximate surface area is 95.6 Å². The molecule has 0 amide bonds. The highest BCUT2D eigenvalue weighted by molar-refractivity contribution is 7.12. The summed E-state index contributed by atoms with van der Waals surface area (Å²) in [6, 6.07) is 4.32. The molecule has 0 radical (unpaired) electrons. The first kappa shape index (κ1) is 12.7. The van der Waals surface area contributed by atoms with Gasteiger partial charge in [0.25, 0.3) is 0 Å². The van der Waals surface area contributed by atoms with E-state index < -0.39 is 6.10 Å². The Bertz CT molecular complexity index is 283. The van der Waals surface area contributed by atoms with Crippen molar-refractivity contribution in [2.45, 2.75) is 45.1 Å². The highest BCUT2D eigenvalue weighted by atomic mass is 32.1. The van der Waals surface area contributed by atoms with Crippen molar-refractivity contribution in [2.75, 3.05) is 6.61 Å². The van der Waals surface area contributed by atoms with Crippen molar-refractivity contribution in [1.29, 1.82) is 0 Å². The van der Waals surface area contributed by atoms with Gasteiger partial charge in [0.1, 0.15) is 0 Å². The lowest BCUT2D eigenvalue weighted by Crippen LogP contribution is -2.14. The summed E-state index contributed by atoms with van der Waals surface area (Å²) in [6.07, 6.45) is 2.37. The van der Waals surface area contributed by atoms with Crippen LogP contribution in [-0.2, 0) is 6.42 Å². The number of rotatable bonds is 6. The van der Waals surface area contributed by atoms with Gasteiger partial charge in [-0.15, -0.1) is 11.3 Å². The molecule has 0 spiro atoms. The summed E-state index contributed by atoms with van der Waals surface area (Å²) in [6.45, 7) is 4.14.